The van der Waals surface area contributed by atoms with E-state index in [-0.39, 0.29) is 37.0 Å². The molecular formula is C20H21FN2O4S. The molecule has 0 unspecified atom stereocenters. The normalized spacial score (nSPS) is 15.7. The molecule has 0 atom stereocenters. The molecule has 1 fully saturated rings. The summed E-state index contributed by atoms with van der Waals surface area (Å²) in [6, 6.07) is 12.3. The Morgan fingerprint density at radius 3 is 2.46 bits per heavy atom. The van der Waals surface area contributed by atoms with Gasteiger partial charge in [0.25, 0.3) is 0 Å². The predicted octanol–water partition coefficient (Wildman–Crippen LogP) is 2.38. The topological polar surface area (TPSA) is 66.9 Å². The van der Waals surface area contributed by atoms with Crippen LogP contribution in [0.15, 0.2) is 59.5 Å². The minimum Gasteiger partial charge on any atom is -0.496 e. The van der Waals surface area contributed by atoms with Gasteiger partial charge in [-0.05, 0) is 30.3 Å². The molecule has 0 aliphatic carbocycles. The number of hydrogen-bond acceptors (Lipinski definition) is 4. The van der Waals surface area contributed by atoms with E-state index in [1.165, 1.54) is 28.6 Å². The molecule has 0 radical (unpaired) electrons. The van der Waals surface area contributed by atoms with E-state index in [1.54, 1.807) is 24.2 Å². The first kappa shape index (κ1) is 20.0. The summed E-state index contributed by atoms with van der Waals surface area (Å²) in [6.07, 6.45) is 3.13. The molecule has 0 saturated carbocycles. The van der Waals surface area contributed by atoms with Gasteiger partial charge >= 0.3 is 0 Å². The van der Waals surface area contributed by atoms with E-state index in [4.69, 9.17) is 4.74 Å². The van der Waals surface area contributed by atoms with Crippen molar-refractivity contribution in [3.8, 4) is 5.75 Å². The van der Waals surface area contributed by atoms with Gasteiger partial charge in [0.1, 0.15) is 11.6 Å². The lowest BCUT2D eigenvalue weighted by molar-refractivity contribution is -0.127. The summed E-state index contributed by atoms with van der Waals surface area (Å²) in [4.78, 5) is 13.9. The molecule has 0 bridgehead atoms. The quantitative estimate of drug-likeness (QED) is 0.718. The molecular weight excluding hydrogens is 383 g/mol. The number of sulfonamides is 1. The Balaban J connectivity index is 1.63. The standard InChI is InChI=1S/C20H21FN2O4S/c1-27-19-8-3-2-5-16(19)9-10-20(24)22-11-13-23(14-12-22)28(25,26)18-7-4-6-17(21)15-18/h2-10,15H,11-14H2,1H3/b10-9+. The van der Waals surface area contributed by atoms with Gasteiger partial charge in [-0.25, -0.2) is 12.8 Å². The number of piperazine rings is 1. The van der Waals surface area contributed by atoms with Crippen molar-refractivity contribution < 1.29 is 22.3 Å². The van der Waals surface area contributed by atoms with Crippen molar-refractivity contribution in [3.63, 3.8) is 0 Å². The highest BCUT2D eigenvalue weighted by Crippen LogP contribution is 2.20. The van der Waals surface area contributed by atoms with Crippen molar-refractivity contribution in [1.29, 1.82) is 0 Å². The Kier molecular flexibility index (Phi) is 6.11. The molecule has 1 heterocycles. The Hall–Kier alpha value is -2.71. The van der Waals surface area contributed by atoms with Crippen molar-refractivity contribution in [2.24, 2.45) is 0 Å². The van der Waals surface area contributed by atoms with Gasteiger partial charge in [-0.2, -0.15) is 4.31 Å². The largest absolute Gasteiger partial charge is 0.496 e. The molecule has 148 valence electrons. The van der Waals surface area contributed by atoms with Gasteiger partial charge in [0.15, 0.2) is 0 Å². The van der Waals surface area contributed by atoms with Crippen LogP contribution in [0.4, 0.5) is 4.39 Å². The fraction of sp³-hybridized carbons (Fsp3) is 0.250. The molecule has 6 nitrogen and oxygen atoms in total. The molecule has 1 amide bonds. The highest BCUT2D eigenvalue weighted by Gasteiger charge is 2.29. The summed E-state index contributed by atoms with van der Waals surface area (Å²) in [5.74, 6) is -0.136. The zero-order valence-corrected chi connectivity index (χ0v) is 16.2. The SMILES string of the molecule is COc1ccccc1/C=C/C(=O)N1CCN(S(=O)(=O)c2cccc(F)c2)CC1. The number of hydrogen-bond donors (Lipinski definition) is 0. The minimum absolute atomic E-state index is 0.0802. The van der Waals surface area contributed by atoms with Crippen LogP contribution in [0.25, 0.3) is 6.08 Å². The summed E-state index contributed by atoms with van der Waals surface area (Å²) in [5.41, 5.74) is 0.783. The molecule has 1 aliphatic heterocycles. The smallest absolute Gasteiger partial charge is 0.246 e. The second-order valence-electron chi connectivity index (χ2n) is 6.26. The summed E-state index contributed by atoms with van der Waals surface area (Å²) in [6.45, 7) is 0.855. The van der Waals surface area contributed by atoms with E-state index in [9.17, 15) is 17.6 Å². The molecule has 1 saturated heterocycles. The second-order valence-corrected chi connectivity index (χ2v) is 8.20. The van der Waals surface area contributed by atoms with Crippen LogP contribution in [0.3, 0.4) is 0 Å². The van der Waals surface area contributed by atoms with E-state index >= 15 is 0 Å². The van der Waals surface area contributed by atoms with Gasteiger partial charge in [0, 0.05) is 37.8 Å². The maximum atomic E-state index is 13.4. The number of nitrogens with zero attached hydrogens (tertiary/aromatic N) is 2. The van der Waals surface area contributed by atoms with Gasteiger partial charge in [-0.1, -0.05) is 24.3 Å². The Morgan fingerprint density at radius 2 is 1.79 bits per heavy atom. The number of halogens is 1. The number of methoxy groups -OCH3 is 1. The monoisotopic (exact) mass is 404 g/mol. The molecule has 2 aromatic rings. The second kappa shape index (κ2) is 8.53. The molecule has 28 heavy (non-hydrogen) atoms. The van der Waals surface area contributed by atoms with Crippen LogP contribution in [0.1, 0.15) is 5.56 Å². The van der Waals surface area contributed by atoms with Crippen LogP contribution in [-0.4, -0.2) is 56.8 Å². The van der Waals surface area contributed by atoms with Crippen LogP contribution >= 0.6 is 0 Å². The average Bonchev–Trinajstić information content (AvgIpc) is 2.72. The lowest BCUT2D eigenvalue weighted by atomic mass is 10.2. The van der Waals surface area contributed by atoms with Crippen molar-refractivity contribution >= 4 is 22.0 Å². The highest BCUT2D eigenvalue weighted by molar-refractivity contribution is 7.89. The first-order valence-electron chi connectivity index (χ1n) is 8.77. The van der Waals surface area contributed by atoms with Crippen LogP contribution in [0, 0.1) is 5.82 Å². The maximum absolute atomic E-state index is 13.4. The first-order valence-corrected chi connectivity index (χ1v) is 10.2. The molecule has 8 heteroatoms. The Labute approximate surface area is 163 Å². The Morgan fingerprint density at radius 1 is 1.07 bits per heavy atom. The first-order chi connectivity index (χ1) is 13.4. The van der Waals surface area contributed by atoms with Crippen LogP contribution in [-0.2, 0) is 14.8 Å². The van der Waals surface area contributed by atoms with Crippen LogP contribution in [0.2, 0.25) is 0 Å². The van der Waals surface area contributed by atoms with E-state index in [0.29, 0.717) is 5.75 Å². The zero-order valence-electron chi connectivity index (χ0n) is 15.4. The third-order valence-corrected chi connectivity index (χ3v) is 6.42. The van der Waals surface area contributed by atoms with Gasteiger partial charge in [-0.15, -0.1) is 0 Å². The maximum Gasteiger partial charge on any atom is 0.246 e. The van der Waals surface area contributed by atoms with Crippen LogP contribution < -0.4 is 4.74 Å². The number of para-hydroxylation sites is 1. The number of amides is 1. The van der Waals surface area contributed by atoms with E-state index in [1.807, 2.05) is 18.2 Å². The summed E-state index contributed by atoms with van der Waals surface area (Å²) in [7, 11) is -2.21. The molecule has 1 aliphatic rings. The third kappa shape index (κ3) is 4.40. The summed E-state index contributed by atoms with van der Waals surface area (Å²) >= 11 is 0. The number of carbonyl (C=O) groups is 1. The molecule has 0 aromatic heterocycles. The fourth-order valence-corrected chi connectivity index (χ4v) is 4.45. The number of carbonyl (C=O) groups excluding carboxylic acids is 1. The fourth-order valence-electron chi connectivity index (χ4n) is 3.00. The number of rotatable bonds is 5. The van der Waals surface area contributed by atoms with Crippen LogP contribution in [0.5, 0.6) is 5.75 Å². The highest BCUT2D eigenvalue weighted by atomic mass is 32.2. The van der Waals surface area contributed by atoms with Gasteiger partial charge in [0.2, 0.25) is 15.9 Å². The summed E-state index contributed by atoms with van der Waals surface area (Å²) in [5, 5.41) is 0. The number of benzene rings is 2. The van der Waals surface area contributed by atoms with E-state index < -0.39 is 15.8 Å². The van der Waals surface area contributed by atoms with Crippen molar-refractivity contribution in [2.75, 3.05) is 33.3 Å². The molecule has 0 spiro atoms. The average molecular weight is 404 g/mol. The van der Waals surface area contributed by atoms with Gasteiger partial charge in [-0.3, -0.25) is 4.79 Å². The van der Waals surface area contributed by atoms with E-state index in [2.05, 4.69) is 0 Å². The van der Waals surface area contributed by atoms with Crippen molar-refractivity contribution in [1.82, 2.24) is 9.21 Å². The van der Waals surface area contributed by atoms with Gasteiger partial charge < -0.3 is 9.64 Å². The number of ether oxygens (including phenoxy) is 1. The van der Waals surface area contributed by atoms with E-state index in [0.717, 1.165) is 11.6 Å². The zero-order chi connectivity index (χ0) is 20.1. The predicted molar refractivity (Wildman–Crippen MR) is 104 cm³/mol. The van der Waals surface area contributed by atoms with Gasteiger partial charge in [0.05, 0.1) is 12.0 Å². The van der Waals surface area contributed by atoms with Crippen molar-refractivity contribution in [2.45, 2.75) is 4.90 Å². The molecule has 3 rings (SSSR count). The van der Waals surface area contributed by atoms with Crippen molar-refractivity contribution in [3.05, 3.63) is 66.0 Å². The lowest BCUT2D eigenvalue weighted by Crippen LogP contribution is -2.50. The minimum atomic E-state index is -3.78. The molecule has 2 aromatic carbocycles. The third-order valence-electron chi connectivity index (χ3n) is 4.53. The summed E-state index contributed by atoms with van der Waals surface area (Å²) < 4.78 is 45.1. The lowest BCUT2D eigenvalue weighted by Gasteiger charge is -2.33. The Bertz CT molecular complexity index is 983. The molecule has 0 N–H and O–H groups in total.